The zero-order valence-corrected chi connectivity index (χ0v) is 13.2. The lowest BCUT2D eigenvalue weighted by atomic mass is 10.3. The Bertz CT molecular complexity index is 704. The second kappa shape index (κ2) is 7.72. The van der Waals surface area contributed by atoms with E-state index in [1.807, 2.05) is 6.07 Å². The molecule has 2 aromatic rings. The van der Waals surface area contributed by atoms with Gasteiger partial charge in [-0.05, 0) is 31.0 Å². The van der Waals surface area contributed by atoms with E-state index in [1.54, 1.807) is 18.3 Å². The molecule has 0 bridgehead atoms. The number of para-hydroxylation sites is 1. The summed E-state index contributed by atoms with van der Waals surface area (Å²) in [5.74, 6) is 0.633. The van der Waals surface area contributed by atoms with Crippen molar-refractivity contribution in [3.8, 4) is 5.75 Å². The van der Waals surface area contributed by atoms with E-state index in [4.69, 9.17) is 4.74 Å². The molecule has 0 aliphatic carbocycles. The lowest BCUT2D eigenvalue weighted by Gasteiger charge is -2.16. The maximum absolute atomic E-state index is 13.4. The van der Waals surface area contributed by atoms with Crippen molar-refractivity contribution >= 4 is 11.7 Å². The fourth-order valence-electron chi connectivity index (χ4n) is 2.53. The van der Waals surface area contributed by atoms with Gasteiger partial charge in [0, 0.05) is 19.3 Å². The first kappa shape index (κ1) is 16.2. The summed E-state index contributed by atoms with van der Waals surface area (Å²) in [5, 5.41) is 2.68. The van der Waals surface area contributed by atoms with Gasteiger partial charge in [0.2, 0.25) is 0 Å². The quantitative estimate of drug-likeness (QED) is 0.876. The molecule has 1 aromatic heterocycles. The van der Waals surface area contributed by atoms with Crippen LogP contribution in [0.1, 0.15) is 18.7 Å². The largest absolute Gasteiger partial charge is 0.481 e. The van der Waals surface area contributed by atoms with E-state index in [2.05, 4.69) is 20.2 Å². The number of carbonyl (C=O) groups excluding carboxylic acids is 1. The van der Waals surface area contributed by atoms with Crippen molar-refractivity contribution in [3.63, 3.8) is 0 Å². The molecule has 1 N–H and O–H groups in total. The maximum Gasteiger partial charge on any atom is 0.258 e. The Kier molecular flexibility index (Phi) is 5.20. The van der Waals surface area contributed by atoms with Gasteiger partial charge >= 0.3 is 0 Å². The fraction of sp³-hybridized carbons (Fsp3) is 0.353. The summed E-state index contributed by atoms with van der Waals surface area (Å²) in [4.78, 5) is 22.6. The van der Waals surface area contributed by atoms with Crippen LogP contribution in [0.2, 0.25) is 0 Å². The number of hydrogen-bond acceptors (Lipinski definition) is 5. The highest BCUT2D eigenvalue weighted by Crippen LogP contribution is 2.17. The summed E-state index contributed by atoms with van der Waals surface area (Å²) in [6.45, 7) is 1.95. The van der Waals surface area contributed by atoms with E-state index in [0.717, 1.165) is 18.9 Å². The third kappa shape index (κ3) is 4.18. The number of hydrogen-bond donors (Lipinski definition) is 1. The first-order valence-corrected chi connectivity index (χ1v) is 7.93. The second-order valence-corrected chi connectivity index (χ2v) is 5.52. The molecule has 0 spiro atoms. The monoisotopic (exact) mass is 330 g/mol. The molecule has 0 radical (unpaired) electrons. The number of halogens is 1. The third-order valence-electron chi connectivity index (χ3n) is 3.76. The van der Waals surface area contributed by atoms with Crippen molar-refractivity contribution in [1.29, 1.82) is 0 Å². The van der Waals surface area contributed by atoms with Crippen LogP contribution in [0, 0.1) is 5.82 Å². The summed E-state index contributed by atoms with van der Waals surface area (Å²) < 4.78 is 18.6. The molecule has 1 aliphatic heterocycles. The molecule has 1 aliphatic rings. The number of aromatic nitrogens is 2. The highest BCUT2D eigenvalue weighted by molar-refractivity contribution is 5.77. The zero-order valence-electron chi connectivity index (χ0n) is 13.2. The predicted molar refractivity (Wildman–Crippen MR) is 87.2 cm³/mol. The minimum absolute atomic E-state index is 0.0555. The summed E-state index contributed by atoms with van der Waals surface area (Å²) in [6, 6.07) is 7.84. The van der Waals surface area contributed by atoms with Gasteiger partial charge in [0.1, 0.15) is 11.6 Å². The molecule has 0 saturated carbocycles. The van der Waals surface area contributed by atoms with Crippen molar-refractivity contribution < 1.29 is 13.9 Å². The molecule has 24 heavy (non-hydrogen) atoms. The van der Waals surface area contributed by atoms with Crippen molar-refractivity contribution in [2.45, 2.75) is 19.4 Å². The van der Waals surface area contributed by atoms with Crippen LogP contribution in [-0.2, 0) is 11.3 Å². The van der Waals surface area contributed by atoms with E-state index < -0.39 is 5.82 Å². The first-order valence-electron chi connectivity index (χ1n) is 7.93. The standard InChI is InChI=1S/C17H19FN4O2/c18-13-5-1-2-6-14(13)24-12-17(23)20-11-15-19-8-7-16(21-15)22-9-3-4-10-22/h1-2,5-8H,3-4,9-12H2,(H,20,23). The molecule has 1 amide bonds. The van der Waals surface area contributed by atoms with Crippen molar-refractivity contribution in [2.24, 2.45) is 0 Å². The smallest absolute Gasteiger partial charge is 0.258 e. The summed E-state index contributed by atoms with van der Waals surface area (Å²) in [5.41, 5.74) is 0. The number of benzene rings is 1. The predicted octanol–water partition coefficient (Wildman–Crippen LogP) is 1.91. The lowest BCUT2D eigenvalue weighted by Crippen LogP contribution is -2.29. The van der Waals surface area contributed by atoms with E-state index in [0.29, 0.717) is 5.82 Å². The molecule has 126 valence electrons. The molecule has 7 heteroatoms. The van der Waals surface area contributed by atoms with Gasteiger partial charge in [-0.2, -0.15) is 0 Å². The summed E-state index contributed by atoms with van der Waals surface area (Å²) in [7, 11) is 0. The molecule has 0 atom stereocenters. The van der Waals surface area contributed by atoms with Crippen LogP contribution in [0.5, 0.6) is 5.75 Å². The lowest BCUT2D eigenvalue weighted by molar-refractivity contribution is -0.123. The van der Waals surface area contributed by atoms with Crippen LogP contribution in [0.25, 0.3) is 0 Å². The molecular weight excluding hydrogens is 311 g/mol. The first-order chi connectivity index (χ1) is 11.7. The number of ether oxygens (including phenoxy) is 1. The second-order valence-electron chi connectivity index (χ2n) is 5.52. The molecular formula is C17H19FN4O2. The Morgan fingerprint density at radius 2 is 2.04 bits per heavy atom. The fourth-order valence-corrected chi connectivity index (χ4v) is 2.53. The minimum atomic E-state index is -0.494. The van der Waals surface area contributed by atoms with Crippen LogP contribution in [0.3, 0.4) is 0 Å². The van der Waals surface area contributed by atoms with Crippen LogP contribution in [0.15, 0.2) is 36.5 Å². The van der Waals surface area contributed by atoms with E-state index in [9.17, 15) is 9.18 Å². The van der Waals surface area contributed by atoms with Gasteiger partial charge in [-0.15, -0.1) is 0 Å². The van der Waals surface area contributed by atoms with Crippen LogP contribution >= 0.6 is 0 Å². The maximum atomic E-state index is 13.4. The van der Waals surface area contributed by atoms with Crippen molar-refractivity contribution in [2.75, 3.05) is 24.6 Å². The van der Waals surface area contributed by atoms with Gasteiger partial charge < -0.3 is 15.0 Å². The summed E-state index contributed by atoms with van der Waals surface area (Å²) in [6.07, 6.45) is 4.03. The van der Waals surface area contributed by atoms with Gasteiger partial charge in [0.05, 0.1) is 6.54 Å². The Labute approximate surface area is 139 Å². The number of nitrogens with one attached hydrogen (secondary N) is 1. The molecule has 6 nitrogen and oxygen atoms in total. The number of rotatable bonds is 6. The van der Waals surface area contributed by atoms with Crippen LogP contribution in [0.4, 0.5) is 10.2 Å². The van der Waals surface area contributed by atoms with E-state index in [1.165, 1.54) is 25.0 Å². The molecule has 1 aromatic carbocycles. The Morgan fingerprint density at radius 1 is 1.25 bits per heavy atom. The van der Waals surface area contributed by atoms with Gasteiger partial charge in [-0.25, -0.2) is 14.4 Å². The van der Waals surface area contributed by atoms with Gasteiger partial charge in [0.25, 0.3) is 5.91 Å². The molecule has 2 heterocycles. The number of nitrogens with zero attached hydrogens (tertiary/aromatic N) is 3. The average molecular weight is 330 g/mol. The number of carbonyl (C=O) groups is 1. The molecule has 1 fully saturated rings. The van der Waals surface area contributed by atoms with E-state index >= 15 is 0 Å². The van der Waals surface area contributed by atoms with Crippen LogP contribution in [-0.4, -0.2) is 35.6 Å². The van der Waals surface area contributed by atoms with Crippen molar-refractivity contribution in [3.05, 3.63) is 48.2 Å². The van der Waals surface area contributed by atoms with Crippen LogP contribution < -0.4 is 15.0 Å². The van der Waals surface area contributed by atoms with E-state index in [-0.39, 0.29) is 24.8 Å². The highest BCUT2D eigenvalue weighted by Gasteiger charge is 2.14. The normalized spacial score (nSPS) is 13.8. The number of anilines is 1. The van der Waals surface area contributed by atoms with Gasteiger partial charge in [0.15, 0.2) is 18.2 Å². The Morgan fingerprint density at radius 3 is 2.83 bits per heavy atom. The van der Waals surface area contributed by atoms with Crippen molar-refractivity contribution in [1.82, 2.24) is 15.3 Å². The molecule has 3 rings (SSSR count). The van der Waals surface area contributed by atoms with Gasteiger partial charge in [-0.1, -0.05) is 12.1 Å². The zero-order chi connectivity index (χ0) is 16.8. The SMILES string of the molecule is O=C(COc1ccccc1F)NCc1nccc(N2CCCC2)n1. The molecule has 1 saturated heterocycles. The Balaban J connectivity index is 1.49. The highest BCUT2D eigenvalue weighted by atomic mass is 19.1. The average Bonchev–Trinajstić information content (AvgIpc) is 3.14. The molecule has 0 unspecified atom stereocenters. The summed E-state index contributed by atoms with van der Waals surface area (Å²) >= 11 is 0. The third-order valence-corrected chi connectivity index (χ3v) is 3.76. The minimum Gasteiger partial charge on any atom is -0.481 e. The Hall–Kier alpha value is -2.70. The number of amides is 1. The van der Waals surface area contributed by atoms with Gasteiger partial charge in [-0.3, -0.25) is 4.79 Å². The topological polar surface area (TPSA) is 67.3 Å².